The monoisotopic (exact) mass is 1410 g/mol. The van der Waals surface area contributed by atoms with Crippen LogP contribution >= 0.6 is 15.9 Å². The maximum absolute atomic E-state index is 13.4. The zero-order valence-corrected chi connectivity index (χ0v) is 56.3. The number of benzene rings is 6. The number of carboxylic acid groups (broad SMARTS) is 1. The van der Waals surface area contributed by atoms with Crippen LogP contribution in [0.1, 0.15) is 170 Å². The number of aliphatic hydroxyl groups excluding tert-OH is 1. The highest BCUT2D eigenvalue weighted by Gasteiger charge is 2.42. The Morgan fingerprint density at radius 2 is 0.649 bits per heavy atom. The Morgan fingerprint density at radius 3 is 0.883 bits per heavy atom. The second-order valence-corrected chi connectivity index (χ2v) is 22.0. The van der Waals surface area contributed by atoms with Gasteiger partial charge in [-0.15, -0.1) is 0 Å². The first-order valence-corrected chi connectivity index (χ1v) is 30.0. The van der Waals surface area contributed by atoms with Crippen LogP contribution in [-0.4, -0.2) is 64.3 Å². The topological polar surface area (TPSA) is 136 Å². The summed E-state index contributed by atoms with van der Waals surface area (Å²) in [6.45, 7) is 25.1. The largest absolute Gasteiger partial charge is 0.481 e. The molecule has 0 radical (unpaired) electrons. The average Bonchev–Trinajstić information content (AvgIpc) is 0.872. The number of alkyl halides is 13. The number of carbonyl (C=O) groups excluding carboxylic acids is 3. The summed E-state index contributed by atoms with van der Waals surface area (Å²) in [6, 6.07) is 37.4. The first-order valence-electron chi connectivity index (χ1n) is 29.2. The zero-order chi connectivity index (χ0) is 71.5. The maximum Gasteiger partial charge on any atom is 0.395 e. The molecule has 0 aliphatic heterocycles. The third-order valence-electron chi connectivity index (χ3n) is 12.0. The Bertz CT molecular complexity index is 2960. The van der Waals surface area contributed by atoms with Gasteiger partial charge in [0.05, 0.1) is 26.1 Å². The lowest BCUT2D eigenvalue weighted by molar-refractivity contribution is -0.173. The fraction of sp³-hybridized carbons (Fsp3) is 0.444. The van der Waals surface area contributed by atoms with Crippen LogP contribution in [0, 0.1) is 34.6 Å². The fourth-order valence-corrected chi connectivity index (χ4v) is 6.82. The van der Waals surface area contributed by atoms with Crippen molar-refractivity contribution in [2.75, 3.05) is 19.8 Å². The van der Waals surface area contributed by atoms with Crippen molar-refractivity contribution < 1.29 is 96.3 Å². The van der Waals surface area contributed by atoms with E-state index in [2.05, 4.69) is 47.6 Å². The number of hydrogen-bond donors (Lipinski definition) is 2. The summed E-state index contributed by atoms with van der Waals surface area (Å²) in [4.78, 5) is 39.4. The van der Waals surface area contributed by atoms with Crippen LogP contribution in [0.5, 0.6) is 0 Å². The smallest absolute Gasteiger partial charge is 0.395 e. The molecular formula is C72H95BrF12O9. The van der Waals surface area contributed by atoms with E-state index in [0.717, 1.165) is 16.7 Å². The van der Waals surface area contributed by atoms with Crippen LogP contribution in [0.3, 0.4) is 0 Å². The van der Waals surface area contributed by atoms with Crippen LogP contribution in [0.25, 0.3) is 0 Å². The Morgan fingerprint density at radius 1 is 0.404 bits per heavy atom. The molecule has 0 atom stereocenters. The van der Waals surface area contributed by atoms with Crippen LogP contribution in [0.2, 0.25) is 0 Å². The Labute approximate surface area is 556 Å². The molecule has 0 bridgehead atoms. The van der Waals surface area contributed by atoms with Crippen molar-refractivity contribution in [3.05, 3.63) is 212 Å². The quantitative estimate of drug-likeness (QED) is 0.0396. The van der Waals surface area contributed by atoms with Crippen LogP contribution in [-0.2, 0) is 75.8 Å². The van der Waals surface area contributed by atoms with E-state index in [-0.39, 0.29) is 94.0 Å². The number of hydrogen-bond acceptors (Lipinski definition) is 8. The normalized spacial score (nSPS) is 11.0. The molecular weight excluding hydrogens is 1320 g/mol. The second kappa shape index (κ2) is 44.5. The van der Waals surface area contributed by atoms with E-state index in [9.17, 15) is 71.9 Å². The van der Waals surface area contributed by atoms with Gasteiger partial charge in [0.1, 0.15) is 12.2 Å². The van der Waals surface area contributed by atoms with Gasteiger partial charge < -0.3 is 24.4 Å². The minimum Gasteiger partial charge on any atom is -0.481 e. The molecule has 6 aromatic rings. The predicted octanol–water partition coefficient (Wildman–Crippen LogP) is 21.3. The number of carboxylic acids is 1. The number of halogens is 13. The standard InChI is InChI=1S/C15H20F2O2.2C11H12F2O2.C10H12F2.C9H10F2O.C8H10.C4H5BrF2O2.C2H6.2CH4/c1-5-15(16,17)12-8-6-11(7-9-12)10-13(18)19-14(2,3)4;1-3-15-10(14)11(12,13)9-6-4-8(2)5-7-9;1-2-11(12,13)9-5-3-8(4-6-9)7-10(14)15;1-3-10(11,12)9-6-4-8(2)5-7-9;1-7-2-4-8(5-3-7)9(10,11)6-12;1-7-3-5-8(2)6-4-7;1-2-9-3(8)4(5,6)7;1-2;;/h6-9H,5,10H2,1-4H3;4-7H,3H2,1-2H3;3-6H,2,7H2,1H3,(H,14,15);4-7H,3H2,1-2H3;2-5,12H,6H2,1H3;3-6H,1-2H3;2H2,1H3;1-2H3;2*1H4. The number of esters is 3. The summed E-state index contributed by atoms with van der Waals surface area (Å²) < 4.78 is 168. The van der Waals surface area contributed by atoms with Gasteiger partial charge in [0, 0.05) is 63.0 Å². The Kier molecular flexibility index (Phi) is 44.1. The molecule has 0 aromatic heterocycles. The molecule has 0 saturated heterocycles. The van der Waals surface area contributed by atoms with E-state index in [4.69, 9.17) is 14.9 Å². The average molecular weight is 1410 g/mol. The van der Waals surface area contributed by atoms with E-state index in [1.165, 1.54) is 131 Å². The molecule has 0 aliphatic carbocycles. The molecule has 2 N–H and O–H groups in total. The molecule has 9 nitrogen and oxygen atoms in total. The van der Waals surface area contributed by atoms with Crippen molar-refractivity contribution in [3.63, 3.8) is 0 Å². The molecule has 0 saturated carbocycles. The summed E-state index contributed by atoms with van der Waals surface area (Å²) in [5, 5.41) is 16.9. The minimum atomic E-state index is -3.57. The first-order chi connectivity index (χ1) is 42.5. The third kappa shape index (κ3) is 37.6. The van der Waals surface area contributed by atoms with Gasteiger partial charge in [-0.25, -0.2) is 35.9 Å². The van der Waals surface area contributed by atoms with Crippen molar-refractivity contribution in [2.24, 2.45) is 0 Å². The van der Waals surface area contributed by atoms with E-state index in [1.54, 1.807) is 64.1 Å². The van der Waals surface area contributed by atoms with Crippen molar-refractivity contribution in [3.8, 4) is 0 Å². The molecule has 0 spiro atoms. The first kappa shape index (κ1) is 93.2. The summed E-state index contributed by atoms with van der Waals surface area (Å²) in [5.74, 6) is -19.4. The number of aliphatic carboxylic acids is 1. The summed E-state index contributed by atoms with van der Waals surface area (Å²) in [6.07, 6.45) is -0.688. The summed E-state index contributed by atoms with van der Waals surface area (Å²) >= 11 is 1.84. The minimum absolute atomic E-state index is 0. The molecule has 0 heterocycles. The Balaban J connectivity index is -0.000000506. The van der Waals surface area contributed by atoms with Gasteiger partial charge in [0.25, 0.3) is 23.7 Å². The van der Waals surface area contributed by atoms with Gasteiger partial charge >= 0.3 is 34.6 Å². The van der Waals surface area contributed by atoms with Crippen LogP contribution < -0.4 is 0 Å². The van der Waals surface area contributed by atoms with Crippen LogP contribution in [0.4, 0.5) is 52.7 Å². The molecule has 6 aromatic carbocycles. The molecule has 22 heteroatoms. The zero-order valence-electron chi connectivity index (χ0n) is 54.7. The van der Waals surface area contributed by atoms with Crippen molar-refractivity contribution in [1.82, 2.24) is 0 Å². The molecule has 0 aliphatic rings. The van der Waals surface area contributed by atoms with E-state index >= 15 is 0 Å². The van der Waals surface area contributed by atoms with Crippen molar-refractivity contribution in [1.29, 1.82) is 0 Å². The number of rotatable bonds is 17. The van der Waals surface area contributed by atoms with E-state index < -0.39 is 64.6 Å². The van der Waals surface area contributed by atoms with Gasteiger partial charge in [-0.3, -0.25) is 9.59 Å². The molecule has 6 rings (SSSR count). The number of aryl methyl sites for hydroxylation is 5. The highest BCUT2D eigenvalue weighted by molar-refractivity contribution is 9.10. The SMILES string of the molecule is C.C.CC.CCC(F)(F)c1ccc(C)cc1.CCC(F)(F)c1ccc(CC(=O)O)cc1.CCC(F)(F)c1ccc(CC(=O)OC(C)(C)C)cc1.CCOC(=O)C(F)(F)Br.CCOC(=O)C(F)(F)c1ccc(C)cc1.Cc1ccc(C(F)(F)CO)cc1.Cc1ccc(C)cc1. The lowest BCUT2D eigenvalue weighted by Crippen LogP contribution is -2.28. The molecule has 0 fully saturated rings. The predicted molar refractivity (Wildman–Crippen MR) is 353 cm³/mol. The van der Waals surface area contributed by atoms with Gasteiger partial charge in [-0.05, 0) is 80.4 Å². The third-order valence-corrected chi connectivity index (χ3v) is 12.3. The number of ether oxygens (including phenoxy) is 3. The van der Waals surface area contributed by atoms with Crippen molar-refractivity contribution >= 4 is 39.8 Å². The summed E-state index contributed by atoms with van der Waals surface area (Å²) in [5.41, 5.74) is 5.64. The highest BCUT2D eigenvalue weighted by Crippen LogP contribution is 2.34. The lowest BCUT2D eigenvalue weighted by atomic mass is 10.0. The van der Waals surface area contributed by atoms with Crippen molar-refractivity contribution in [2.45, 2.75) is 191 Å². The molecule has 528 valence electrons. The second-order valence-electron chi connectivity index (χ2n) is 21.0. The lowest BCUT2D eigenvalue weighted by Gasteiger charge is -2.19. The Hall–Kier alpha value is -7.20. The van der Waals surface area contributed by atoms with Crippen LogP contribution in [0.15, 0.2) is 146 Å². The van der Waals surface area contributed by atoms with Gasteiger partial charge in [-0.2, -0.15) is 26.3 Å². The maximum atomic E-state index is 13.4. The number of aliphatic hydroxyl groups is 1. The highest BCUT2D eigenvalue weighted by atomic mass is 79.9. The molecule has 0 unspecified atom stereocenters. The fourth-order valence-electron chi connectivity index (χ4n) is 6.70. The van der Waals surface area contributed by atoms with Gasteiger partial charge in [0.2, 0.25) is 0 Å². The van der Waals surface area contributed by atoms with E-state index in [1.807, 2.05) is 43.6 Å². The van der Waals surface area contributed by atoms with Gasteiger partial charge in [-0.1, -0.05) is 223 Å². The number of carbonyl (C=O) groups is 4. The molecule has 94 heavy (non-hydrogen) atoms. The molecule has 0 amide bonds. The van der Waals surface area contributed by atoms with Gasteiger partial charge in [0.15, 0.2) is 0 Å². The summed E-state index contributed by atoms with van der Waals surface area (Å²) in [7, 11) is 0. The van der Waals surface area contributed by atoms with E-state index in [0.29, 0.717) is 11.1 Å².